The van der Waals surface area contributed by atoms with Crippen LogP contribution in [0.3, 0.4) is 0 Å². The molecule has 0 N–H and O–H groups in total. The molecule has 2 nitrogen and oxygen atoms in total. The van der Waals surface area contributed by atoms with Crippen LogP contribution in [0, 0.1) is 17.2 Å². The molecule has 1 unspecified atom stereocenters. The molecule has 0 saturated carbocycles. The van der Waals surface area contributed by atoms with Crippen molar-refractivity contribution in [1.82, 2.24) is 0 Å². The summed E-state index contributed by atoms with van der Waals surface area (Å²) in [4.78, 5) is 11.7. The monoisotopic (exact) mass is 283 g/mol. The average Bonchev–Trinajstić information content (AvgIpc) is 2.50. The Hall–Kier alpha value is -2.11. The van der Waals surface area contributed by atoms with Gasteiger partial charge in [0, 0.05) is 0 Å². The zero-order valence-electron chi connectivity index (χ0n) is 11.1. The summed E-state index contributed by atoms with van der Waals surface area (Å²) in [5.74, 6) is -0.640. The van der Waals surface area contributed by atoms with Gasteiger partial charge in [-0.15, -0.1) is 0 Å². The molecule has 2 aromatic rings. The van der Waals surface area contributed by atoms with Crippen LogP contribution in [0.25, 0.3) is 0 Å². The minimum absolute atomic E-state index is 0.515. The van der Waals surface area contributed by atoms with E-state index in [9.17, 15) is 10.1 Å². The van der Waals surface area contributed by atoms with E-state index in [0.29, 0.717) is 0 Å². The molecule has 2 rings (SSSR count). The minimum atomic E-state index is -1.07. The van der Waals surface area contributed by atoms with E-state index in [2.05, 4.69) is 6.07 Å². The van der Waals surface area contributed by atoms with Crippen molar-refractivity contribution in [3.8, 4) is 6.07 Å². The molecule has 0 heterocycles. The van der Waals surface area contributed by atoms with Crippen LogP contribution in [0.2, 0.25) is 0 Å². The quantitative estimate of drug-likeness (QED) is 0.799. The molecule has 100 valence electrons. The highest BCUT2D eigenvalue weighted by atomic mass is 35.5. The Labute approximate surface area is 123 Å². The topological polar surface area (TPSA) is 40.9 Å². The average molecular weight is 284 g/mol. The molecule has 0 aliphatic rings. The number of carbonyl (C=O) groups is 1. The summed E-state index contributed by atoms with van der Waals surface area (Å²) in [6.45, 7) is 1.69. The van der Waals surface area contributed by atoms with Crippen molar-refractivity contribution in [3.63, 3.8) is 0 Å². The predicted molar refractivity (Wildman–Crippen MR) is 79.3 cm³/mol. The van der Waals surface area contributed by atoms with Gasteiger partial charge < -0.3 is 0 Å². The van der Waals surface area contributed by atoms with E-state index >= 15 is 0 Å². The van der Waals surface area contributed by atoms with Crippen molar-refractivity contribution in [3.05, 3.63) is 71.8 Å². The van der Waals surface area contributed by atoms with E-state index in [4.69, 9.17) is 11.6 Å². The minimum Gasteiger partial charge on any atom is -0.281 e. The Bertz CT molecular complexity index is 592. The van der Waals surface area contributed by atoms with Crippen LogP contribution in [0.5, 0.6) is 0 Å². The second kappa shape index (κ2) is 5.90. The summed E-state index contributed by atoms with van der Waals surface area (Å²) < 4.78 is 0. The Kier molecular flexibility index (Phi) is 4.22. The van der Waals surface area contributed by atoms with Crippen LogP contribution in [-0.4, -0.2) is 5.24 Å². The Morgan fingerprint density at radius 1 is 1.05 bits per heavy atom. The standard InChI is InChI=1S/C17H14ClNO/c1-13(16(18)20)17(12-19,14-8-4-2-5-9-14)15-10-6-3-7-11-15/h2-11,13H,1H3. The molecule has 2 aromatic carbocycles. The number of nitriles is 1. The van der Waals surface area contributed by atoms with E-state index in [1.54, 1.807) is 6.92 Å². The van der Waals surface area contributed by atoms with Crippen molar-refractivity contribution in [2.45, 2.75) is 12.3 Å². The van der Waals surface area contributed by atoms with Gasteiger partial charge >= 0.3 is 0 Å². The Morgan fingerprint density at radius 2 is 1.45 bits per heavy atom. The van der Waals surface area contributed by atoms with Crippen LogP contribution in [0.4, 0.5) is 0 Å². The van der Waals surface area contributed by atoms with Crippen LogP contribution < -0.4 is 0 Å². The van der Waals surface area contributed by atoms with Gasteiger partial charge in [-0.25, -0.2) is 0 Å². The lowest BCUT2D eigenvalue weighted by Crippen LogP contribution is -2.36. The molecule has 0 aliphatic carbocycles. The lowest BCUT2D eigenvalue weighted by molar-refractivity contribution is -0.115. The van der Waals surface area contributed by atoms with E-state index in [0.717, 1.165) is 11.1 Å². The highest BCUT2D eigenvalue weighted by molar-refractivity contribution is 6.64. The number of hydrogen-bond donors (Lipinski definition) is 0. The van der Waals surface area contributed by atoms with E-state index in [1.165, 1.54) is 0 Å². The fourth-order valence-electron chi connectivity index (χ4n) is 2.46. The molecular formula is C17H14ClNO. The normalized spacial score (nSPS) is 12.4. The fourth-order valence-corrected chi connectivity index (χ4v) is 2.63. The van der Waals surface area contributed by atoms with Crippen LogP contribution in [0.1, 0.15) is 18.1 Å². The summed E-state index contributed by atoms with van der Waals surface area (Å²) in [6.07, 6.45) is 0. The molecule has 0 spiro atoms. The van der Waals surface area contributed by atoms with Gasteiger partial charge in [-0.3, -0.25) is 4.79 Å². The smallest absolute Gasteiger partial charge is 0.226 e. The molecule has 20 heavy (non-hydrogen) atoms. The maximum atomic E-state index is 11.7. The number of carbonyl (C=O) groups excluding carboxylic acids is 1. The van der Waals surface area contributed by atoms with E-state index in [-0.39, 0.29) is 0 Å². The van der Waals surface area contributed by atoms with Gasteiger partial charge in [0.15, 0.2) is 0 Å². The summed E-state index contributed by atoms with van der Waals surface area (Å²) in [5, 5.41) is 9.33. The van der Waals surface area contributed by atoms with Crippen molar-refractivity contribution in [1.29, 1.82) is 5.26 Å². The molecule has 0 saturated heterocycles. The maximum absolute atomic E-state index is 11.7. The Balaban J connectivity index is 2.72. The van der Waals surface area contributed by atoms with Gasteiger partial charge in [0.1, 0.15) is 5.41 Å². The summed E-state index contributed by atoms with van der Waals surface area (Å²) >= 11 is 5.70. The molecule has 0 bridgehead atoms. The van der Waals surface area contributed by atoms with Crippen LogP contribution >= 0.6 is 11.6 Å². The van der Waals surface area contributed by atoms with Gasteiger partial charge in [0.25, 0.3) is 0 Å². The van der Waals surface area contributed by atoms with Gasteiger partial charge in [0.05, 0.1) is 12.0 Å². The SMILES string of the molecule is CC(C(=O)Cl)C(C#N)(c1ccccc1)c1ccccc1. The van der Waals surface area contributed by atoms with E-state index in [1.807, 2.05) is 60.7 Å². The summed E-state index contributed by atoms with van der Waals surface area (Å²) in [5.41, 5.74) is 0.479. The number of benzene rings is 2. The number of hydrogen-bond acceptors (Lipinski definition) is 2. The van der Waals surface area contributed by atoms with Gasteiger partial charge in [-0.05, 0) is 22.7 Å². The fraction of sp³-hybridized carbons (Fsp3) is 0.176. The predicted octanol–water partition coefficient (Wildman–Crippen LogP) is 3.90. The molecular weight excluding hydrogens is 270 g/mol. The first-order valence-corrected chi connectivity index (χ1v) is 6.72. The van der Waals surface area contributed by atoms with Gasteiger partial charge in [0.2, 0.25) is 5.24 Å². The Morgan fingerprint density at radius 3 is 1.75 bits per heavy atom. The van der Waals surface area contributed by atoms with Gasteiger partial charge in [-0.1, -0.05) is 67.6 Å². The van der Waals surface area contributed by atoms with Gasteiger partial charge in [-0.2, -0.15) is 5.26 Å². The zero-order valence-corrected chi connectivity index (χ0v) is 11.8. The molecule has 0 aromatic heterocycles. The zero-order chi connectivity index (χ0) is 14.6. The maximum Gasteiger partial charge on any atom is 0.226 e. The first kappa shape index (κ1) is 14.3. The van der Waals surface area contributed by atoms with Crippen molar-refractivity contribution in [2.24, 2.45) is 5.92 Å². The van der Waals surface area contributed by atoms with Crippen molar-refractivity contribution >= 4 is 16.8 Å². The highest BCUT2D eigenvalue weighted by Gasteiger charge is 2.43. The second-order valence-corrected chi connectivity index (χ2v) is 5.05. The first-order valence-electron chi connectivity index (χ1n) is 6.34. The molecule has 0 fully saturated rings. The van der Waals surface area contributed by atoms with Crippen molar-refractivity contribution < 1.29 is 4.79 Å². The number of nitrogens with zero attached hydrogens (tertiary/aromatic N) is 1. The summed E-state index contributed by atoms with van der Waals surface area (Å²) in [7, 11) is 0. The number of rotatable bonds is 4. The molecule has 0 amide bonds. The lowest BCUT2D eigenvalue weighted by Gasteiger charge is -2.31. The highest BCUT2D eigenvalue weighted by Crippen LogP contribution is 2.39. The largest absolute Gasteiger partial charge is 0.281 e. The molecule has 0 aliphatic heterocycles. The van der Waals surface area contributed by atoms with Crippen LogP contribution in [-0.2, 0) is 10.2 Å². The summed E-state index contributed by atoms with van der Waals surface area (Å²) in [6, 6.07) is 20.9. The van der Waals surface area contributed by atoms with Crippen LogP contribution in [0.15, 0.2) is 60.7 Å². The number of halogens is 1. The third-order valence-electron chi connectivity index (χ3n) is 3.62. The molecule has 3 heteroatoms. The molecule has 1 atom stereocenters. The van der Waals surface area contributed by atoms with E-state index < -0.39 is 16.6 Å². The second-order valence-electron chi connectivity index (χ2n) is 4.68. The molecule has 0 radical (unpaired) electrons. The third kappa shape index (κ3) is 2.33. The van der Waals surface area contributed by atoms with Crippen molar-refractivity contribution in [2.75, 3.05) is 0 Å². The first-order chi connectivity index (χ1) is 9.63. The third-order valence-corrected chi connectivity index (χ3v) is 3.95. The lowest BCUT2D eigenvalue weighted by atomic mass is 9.68.